The Morgan fingerprint density at radius 2 is 2.08 bits per heavy atom. The van der Waals surface area contributed by atoms with Crippen molar-refractivity contribution < 1.29 is 4.79 Å². The maximum absolute atomic E-state index is 12.3. The molecule has 0 aliphatic heterocycles. The van der Waals surface area contributed by atoms with E-state index in [4.69, 9.17) is 0 Å². The highest BCUT2D eigenvalue weighted by atomic mass is 16.1. The molecule has 4 rings (SSSR count). The largest absolute Gasteiger partial charge is 0.345 e. The molecule has 2 N–H and O–H groups in total. The Balaban J connectivity index is 1.33. The maximum Gasteiger partial charge on any atom is 0.272 e. The van der Waals surface area contributed by atoms with Gasteiger partial charge in [0.05, 0.1) is 25.3 Å². The van der Waals surface area contributed by atoms with Crippen LogP contribution in [0.15, 0.2) is 30.7 Å². The Morgan fingerprint density at radius 3 is 2.96 bits per heavy atom. The fourth-order valence-corrected chi connectivity index (χ4v) is 3.20. The third-order valence-corrected chi connectivity index (χ3v) is 4.55. The van der Waals surface area contributed by atoms with Crippen molar-refractivity contribution >= 4 is 5.91 Å². The zero-order valence-electron chi connectivity index (χ0n) is 14.0. The van der Waals surface area contributed by atoms with Gasteiger partial charge in [-0.1, -0.05) is 0 Å². The smallest absolute Gasteiger partial charge is 0.272 e. The molecule has 0 unspecified atom stereocenters. The minimum absolute atomic E-state index is 0.176. The van der Waals surface area contributed by atoms with Crippen molar-refractivity contribution in [2.75, 3.05) is 0 Å². The van der Waals surface area contributed by atoms with Crippen molar-refractivity contribution in [2.45, 2.75) is 45.3 Å². The Labute approximate surface area is 145 Å². The van der Waals surface area contributed by atoms with Gasteiger partial charge >= 0.3 is 0 Å². The number of aromatic amines is 1. The Morgan fingerprint density at radius 1 is 1.20 bits per heavy atom. The molecule has 3 aromatic heterocycles. The second kappa shape index (κ2) is 6.92. The van der Waals surface area contributed by atoms with Crippen LogP contribution >= 0.6 is 0 Å². The molecule has 0 fully saturated rings. The predicted octanol–water partition coefficient (Wildman–Crippen LogP) is 1.31. The molecule has 0 saturated carbocycles. The number of nitrogens with one attached hydrogen (secondary N) is 2. The molecule has 0 bridgehead atoms. The van der Waals surface area contributed by atoms with E-state index in [0.29, 0.717) is 18.8 Å². The number of amides is 1. The first-order valence-corrected chi connectivity index (χ1v) is 8.63. The maximum atomic E-state index is 12.3. The topological polar surface area (TPSA) is 93.4 Å². The summed E-state index contributed by atoms with van der Waals surface area (Å²) in [6.07, 6.45) is 9.95. The molecule has 1 aliphatic rings. The zero-order chi connectivity index (χ0) is 17.1. The second-order valence-corrected chi connectivity index (χ2v) is 6.25. The number of nitrogens with zero attached hydrogens (tertiary/aromatic N) is 5. The number of H-pyrrole nitrogens is 1. The summed E-state index contributed by atoms with van der Waals surface area (Å²) in [5, 5.41) is 18.9. The normalized spacial score (nSPS) is 13.6. The summed E-state index contributed by atoms with van der Waals surface area (Å²) in [5.41, 5.74) is 3.86. The van der Waals surface area contributed by atoms with Crippen LogP contribution in [0.25, 0.3) is 0 Å². The zero-order valence-corrected chi connectivity index (χ0v) is 14.0. The lowest BCUT2D eigenvalue weighted by molar-refractivity contribution is 0.0944. The van der Waals surface area contributed by atoms with E-state index in [0.717, 1.165) is 25.1 Å². The van der Waals surface area contributed by atoms with Gasteiger partial charge in [0.15, 0.2) is 0 Å². The molecule has 0 atom stereocenters. The monoisotopic (exact) mass is 339 g/mol. The average molecular weight is 339 g/mol. The fourth-order valence-electron chi connectivity index (χ4n) is 3.20. The van der Waals surface area contributed by atoms with Crippen LogP contribution in [-0.4, -0.2) is 35.7 Å². The van der Waals surface area contributed by atoms with Crippen molar-refractivity contribution in [1.82, 2.24) is 35.1 Å². The van der Waals surface area contributed by atoms with Crippen LogP contribution in [-0.2, 0) is 32.5 Å². The van der Waals surface area contributed by atoms with Gasteiger partial charge < -0.3 is 5.32 Å². The van der Waals surface area contributed by atoms with Crippen LogP contribution in [0.2, 0.25) is 0 Å². The van der Waals surface area contributed by atoms with Crippen molar-refractivity contribution in [2.24, 2.45) is 0 Å². The summed E-state index contributed by atoms with van der Waals surface area (Å²) in [4.78, 5) is 12.3. The number of hydrogen-bond donors (Lipinski definition) is 2. The van der Waals surface area contributed by atoms with E-state index in [2.05, 4.69) is 25.7 Å². The van der Waals surface area contributed by atoms with Crippen molar-refractivity contribution in [3.63, 3.8) is 0 Å². The summed E-state index contributed by atoms with van der Waals surface area (Å²) in [5.74, 6) is -0.176. The van der Waals surface area contributed by atoms with Gasteiger partial charge in [0.1, 0.15) is 5.69 Å². The quantitative estimate of drug-likeness (QED) is 0.708. The summed E-state index contributed by atoms with van der Waals surface area (Å²) in [7, 11) is 0. The van der Waals surface area contributed by atoms with Gasteiger partial charge in [-0.3, -0.25) is 19.3 Å². The first-order valence-electron chi connectivity index (χ1n) is 8.63. The Kier molecular flexibility index (Phi) is 4.32. The minimum Gasteiger partial charge on any atom is -0.345 e. The van der Waals surface area contributed by atoms with E-state index < -0.39 is 0 Å². The van der Waals surface area contributed by atoms with Crippen LogP contribution in [0.1, 0.15) is 40.3 Å². The summed E-state index contributed by atoms with van der Waals surface area (Å²) < 4.78 is 3.59. The molecule has 8 heteroatoms. The number of carbonyl (C=O) groups excluding carboxylic acids is 1. The SMILES string of the molecule is O=C(NCc1n[nH]c2c1CCCC2)c1ccn(CCn2cccn2)n1. The number of rotatable bonds is 6. The third-order valence-electron chi connectivity index (χ3n) is 4.55. The van der Waals surface area contributed by atoms with Crippen LogP contribution in [0, 0.1) is 0 Å². The van der Waals surface area contributed by atoms with Gasteiger partial charge in [0, 0.05) is 24.3 Å². The molecule has 25 heavy (non-hydrogen) atoms. The van der Waals surface area contributed by atoms with Crippen molar-refractivity contribution in [3.8, 4) is 0 Å². The lowest BCUT2D eigenvalue weighted by Crippen LogP contribution is -2.24. The van der Waals surface area contributed by atoms with Gasteiger partial charge in [0.25, 0.3) is 5.91 Å². The van der Waals surface area contributed by atoms with Crippen molar-refractivity contribution in [1.29, 1.82) is 0 Å². The van der Waals surface area contributed by atoms with Gasteiger partial charge in [0.2, 0.25) is 0 Å². The number of aromatic nitrogens is 6. The van der Waals surface area contributed by atoms with E-state index in [-0.39, 0.29) is 5.91 Å². The fraction of sp³-hybridized carbons (Fsp3) is 0.412. The molecule has 0 spiro atoms. The number of fused-ring (bicyclic) bond motifs is 1. The highest BCUT2D eigenvalue weighted by Crippen LogP contribution is 2.21. The van der Waals surface area contributed by atoms with Gasteiger partial charge in [-0.25, -0.2) is 0 Å². The van der Waals surface area contributed by atoms with E-state index in [1.165, 1.54) is 24.1 Å². The van der Waals surface area contributed by atoms with Crippen LogP contribution < -0.4 is 5.32 Å². The Hall–Kier alpha value is -2.90. The molecule has 3 aromatic rings. The van der Waals surface area contributed by atoms with Gasteiger partial charge in [-0.2, -0.15) is 15.3 Å². The Bertz CT molecular complexity index is 846. The van der Waals surface area contributed by atoms with E-state index >= 15 is 0 Å². The number of hydrogen-bond acceptors (Lipinski definition) is 4. The lowest BCUT2D eigenvalue weighted by atomic mass is 9.96. The summed E-state index contributed by atoms with van der Waals surface area (Å²) >= 11 is 0. The predicted molar refractivity (Wildman–Crippen MR) is 90.9 cm³/mol. The molecule has 0 saturated heterocycles. The number of aryl methyl sites for hydroxylation is 3. The molecule has 3 heterocycles. The molecular formula is C17H21N7O. The van der Waals surface area contributed by atoms with E-state index in [1.807, 2.05) is 23.1 Å². The van der Waals surface area contributed by atoms with E-state index in [9.17, 15) is 4.79 Å². The molecular weight excluding hydrogens is 318 g/mol. The average Bonchev–Trinajstić information content (AvgIpc) is 3.38. The summed E-state index contributed by atoms with van der Waals surface area (Å²) in [6, 6.07) is 3.62. The van der Waals surface area contributed by atoms with Crippen LogP contribution in [0.3, 0.4) is 0 Å². The van der Waals surface area contributed by atoms with Crippen LogP contribution in [0.4, 0.5) is 0 Å². The van der Waals surface area contributed by atoms with Crippen LogP contribution in [0.5, 0.6) is 0 Å². The first kappa shape index (κ1) is 15.6. The third kappa shape index (κ3) is 3.47. The van der Waals surface area contributed by atoms with Gasteiger partial charge in [-0.05, 0) is 43.4 Å². The minimum atomic E-state index is -0.176. The molecule has 8 nitrogen and oxygen atoms in total. The molecule has 0 radical (unpaired) electrons. The number of carbonyl (C=O) groups is 1. The molecule has 1 aliphatic carbocycles. The molecule has 0 aromatic carbocycles. The highest BCUT2D eigenvalue weighted by molar-refractivity contribution is 5.92. The summed E-state index contributed by atoms with van der Waals surface area (Å²) in [6.45, 7) is 1.82. The van der Waals surface area contributed by atoms with Crippen molar-refractivity contribution in [3.05, 3.63) is 53.4 Å². The first-order chi connectivity index (χ1) is 12.3. The van der Waals surface area contributed by atoms with Gasteiger partial charge in [-0.15, -0.1) is 0 Å². The second-order valence-electron chi connectivity index (χ2n) is 6.25. The molecule has 1 amide bonds. The molecule has 130 valence electrons. The standard InChI is InChI=1S/C17H21N7O/c25-17(18-12-16-13-4-1-2-5-14(13)20-21-16)15-6-9-24(22-15)11-10-23-8-3-7-19-23/h3,6-9H,1-2,4-5,10-12H2,(H,18,25)(H,20,21). The lowest BCUT2D eigenvalue weighted by Gasteiger charge is -2.11. The van der Waals surface area contributed by atoms with E-state index in [1.54, 1.807) is 16.9 Å². The highest BCUT2D eigenvalue weighted by Gasteiger charge is 2.17.